The molecule has 0 aliphatic heterocycles. The number of nitrogens with zero attached hydrogens (tertiary/aromatic N) is 4. The van der Waals surface area contributed by atoms with Crippen LogP contribution < -0.4 is 15.5 Å². The average molecular weight is 276 g/mol. The second kappa shape index (κ2) is 5.77. The third-order valence-electron chi connectivity index (χ3n) is 2.80. The van der Waals surface area contributed by atoms with Crippen LogP contribution >= 0.6 is 0 Å². The molecule has 0 saturated heterocycles. The van der Waals surface area contributed by atoms with Crippen molar-refractivity contribution in [1.29, 1.82) is 0 Å². The number of anilines is 2. The van der Waals surface area contributed by atoms with E-state index in [4.69, 9.17) is 0 Å². The van der Waals surface area contributed by atoms with Crippen molar-refractivity contribution < 1.29 is 4.79 Å². The Hall–Kier alpha value is -2.31. The van der Waals surface area contributed by atoms with E-state index in [9.17, 15) is 4.79 Å². The Kier molecular flexibility index (Phi) is 4.07. The van der Waals surface area contributed by atoms with Crippen molar-refractivity contribution in [3.05, 3.63) is 18.6 Å². The molecule has 0 radical (unpaired) electrons. The highest BCUT2D eigenvalue weighted by Gasteiger charge is 2.14. The minimum absolute atomic E-state index is 0.0381. The summed E-state index contributed by atoms with van der Waals surface area (Å²) in [6.45, 7) is 4.11. The topological polar surface area (TPSA) is 74.6 Å². The zero-order valence-electron chi connectivity index (χ0n) is 12.2. The Morgan fingerprint density at radius 3 is 2.90 bits per heavy atom. The molecule has 0 aromatic carbocycles. The van der Waals surface area contributed by atoms with E-state index in [1.807, 2.05) is 37.7 Å². The lowest BCUT2D eigenvalue weighted by molar-refractivity contribution is -0.120. The minimum Gasteiger partial charge on any atom is -0.372 e. The van der Waals surface area contributed by atoms with Crippen LogP contribution in [-0.4, -0.2) is 47.0 Å². The van der Waals surface area contributed by atoms with E-state index in [-0.39, 0.29) is 18.5 Å². The number of likely N-dealkylation sites (N-methyl/N-ethyl adjacent to an activating group) is 1. The lowest BCUT2D eigenvalue weighted by atomic mass is 10.4. The maximum Gasteiger partial charge on any atom is 0.239 e. The maximum atomic E-state index is 11.8. The van der Waals surface area contributed by atoms with Crippen LogP contribution in [0.15, 0.2) is 18.6 Å². The highest BCUT2D eigenvalue weighted by molar-refractivity contribution is 5.82. The van der Waals surface area contributed by atoms with Crippen LogP contribution in [0.3, 0.4) is 0 Å². The van der Waals surface area contributed by atoms with Gasteiger partial charge in [0.2, 0.25) is 5.91 Å². The minimum atomic E-state index is -0.0381. The van der Waals surface area contributed by atoms with E-state index >= 15 is 0 Å². The fourth-order valence-electron chi connectivity index (χ4n) is 1.95. The quantitative estimate of drug-likeness (QED) is 0.842. The van der Waals surface area contributed by atoms with E-state index in [1.54, 1.807) is 18.1 Å². The van der Waals surface area contributed by atoms with Gasteiger partial charge in [0.1, 0.15) is 5.82 Å². The molecule has 0 bridgehead atoms. The van der Waals surface area contributed by atoms with Gasteiger partial charge in [-0.1, -0.05) is 0 Å². The number of amides is 1. The summed E-state index contributed by atoms with van der Waals surface area (Å²) < 4.78 is 1.88. The number of imidazole rings is 1. The summed E-state index contributed by atoms with van der Waals surface area (Å²) in [4.78, 5) is 22.4. The number of hydrogen-bond donors (Lipinski definition) is 2. The molecule has 0 aliphatic carbocycles. The summed E-state index contributed by atoms with van der Waals surface area (Å²) in [6, 6.07) is 0.124. The number of nitrogens with one attached hydrogen (secondary N) is 2. The predicted octanol–water partition coefficient (Wildman–Crippen LogP) is 0.732. The SMILES string of the molecule is CNc1cn2ccnc2c(N(C)CC(=O)NC(C)C)n1. The van der Waals surface area contributed by atoms with Gasteiger partial charge < -0.3 is 19.9 Å². The molecule has 0 aliphatic rings. The first-order chi connectivity index (χ1) is 9.51. The first-order valence-corrected chi connectivity index (χ1v) is 6.53. The van der Waals surface area contributed by atoms with Gasteiger partial charge in [-0.15, -0.1) is 0 Å². The molecule has 0 saturated carbocycles. The maximum absolute atomic E-state index is 11.8. The lowest BCUT2D eigenvalue weighted by Gasteiger charge is -2.19. The van der Waals surface area contributed by atoms with Gasteiger partial charge in [0, 0.05) is 32.5 Å². The van der Waals surface area contributed by atoms with Crippen LogP contribution in [0, 0.1) is 0 Å². The fraction of sp³-hybridized carbons (Fsp3) is 0.462. The van der Waals surface area contributed by atoms with Gasteiger partial charge in [-0.3, -0.25) is 4.79 Å². The molecule has 2 N–H and O–H groups in total. The van der Waals surface area contributed by atoms with Crippen molar-refractivity contribution in [2.24, 2.45) is 0 Å². The summed E-state index contributed by atoms with van der Waals surface area (Å²) in [6.07, 6.45) is 5.42. The highest BCUT2D eigenvalue weighted by Crippen LogP contribution is 2.19. The van der Waals surface area contributed by atoms with E-state index in [0.29, 0.717) is 5.82 Å². The van der Waals surface area contributed by atoms with Crippen LogP contribution in [0.4, 0.5) is 11.6 Å². The van der Waals surface area contributed by atoms with Gasteiger partial charge in [-0.2, -0.15) is 0 Å². The van der Waals surface area contributed by atoms with Gasteiger partial charge in [-0.05, 0) is 13.8 Å². The summed E-state index contributed by atoms with van der Waals surface area (Å²) in [5.74, 6) is 1.35. The second-order valence-electron chi connectivity index (χ2n) is 4.94. The standard InChI is InChI=1S/C13H20N6O/c1-9(2)16-11(20)8-18(4)13-12-15-5-6-19(12)7-10(14-3)17-13/h5-7,9,14H,8H2,1-4H3,(H,16,20). The molecule has 2 heterocycles. The zero-order valence-corrected chi connectivity index (χ0v) is 12.2. The summed E-state index contributed by atoms with van der Waals surface area (Å²) in [5.41, 5.74) is 0.726. The highest BCUT2D eigenvalue weighted by atomic mass is 16.2. The summed E-state index contributed by atoms with van der Waals surface area (Å²) >= 11 is 0. The molecule has 7 heteroatoms. The molecule has 0 fully saturated rings. The molecular weight excluding hydrogens is 256 g/mol. The van der Waals surface area contributed by atoms with Gasteiger partial charge in [0.25, 0.3) is 0 Å². The van der Waals surface area contributed by atoms with Gasteiger partial charge in [0.05, 0.1) is 12.7 Å². The molecule has 0 unspecified atom stereocenters. The van der Waals surface area contributed by atoms with Gasteiger partial charge in [0.15, 0.2) is 11.5 Å². The summed E-state index contributed by atoms with van der Waals surface area (Å²) in [5, 5.41) is 5.87. The van der Waals surface area contributed by atoms with Crippen molar-refractivity contribution in [1.82, 2.24) is 19.7 Å². The number of carbonyl (C=O) groups is 1. The first kappa shape index (κ1) is 14.1. The molecule has 2 aromatic rings. The predicted molar refractivity (Wildman–Crippen MR) is 79.1 cm³/mol. The number of carbonyl (C=O) groups excluding carboxylic acids is 1. The molecule has 0 spiro atoms. The molecule has 2 rings (SSSR count). The van der Waals surface area contributed by atoms with E-state index < -0.39 is 0 Å². The summed E-state index contributed by atoms with van der Waals surface area (Å²) in [7, 11) is 3.64. The second-order valence-corrected chi connectivity index (χ2v) is 4.94. The molecule has 7 nitrogen and oxygen atoms in total. The van der Waals surface area contributed by atoms with Crippen molar-refractivity contribution in [2.45, 2.75) is 19.9 Å². The molecule has 0 atom stereocenters. The normalized spacial score (nSPS) is 10.8. The third kappa shape index (κ3) is 2.98. The lowest BCUT2D eigenvalue weighted by Crippen LogP contribution is -2.39. The smallest absolute Gasteiger partial charge is 0.239 e. The van der Waals surface area contributed by atoms with Crippen molar-refractivity contribution in [3.63, 3.8) is 0 Å². The van der Waals surface area contributed by atoms with Crippen LogP contribution in [0.25, 0.3) is 5.65 Å². The molecule has 108 valence electrons. The number of rotatable bonds is 5. The number of hydrogen-bond acceptors (Lipinski definition) is 5. The van der Waals surface area contributed by atoms with Crippen LogP contribution in [-0.2, 0) is 4.79 Å². The molecular formula is C13H20N6O. The third-order valence-corrected chi connectivity index (χ3v) is 2.80. The number of aromatic nitrogens is 3. The van der Waals surface area contributed by atoms with E-state index in [1.165, 1.54) is 0 Å². The number of fused-ring (bicyclic) bond motifs is 1. The first-order valence-electron chi connectivity index (χ1n) is 6.53. The Morgan fingerprint density at radius 2 is 2.25 bits per heavy atom. The average Bonchev–Trinajstić information content (AvgIpc) is 2.84. The Balaban J connectivity index is 2.26. The van der Waals surface area contributed by atoms with E-state index in [0.717, 1.165) is 11.5 Å². The van der Waals surface area contributed by atoms with Crippen molar-refractivity contribution in [3.8, 4) is 0 Å². The largest absolute Gasteiger partial charge is 0.372 e. The van der Waals surface area contributed by atoms with Crippen molar-refractivity contribution >= 4 is 23.2 Å². The Bertz CT molecular complexity index is 606. The van der Waals surface area contributed by atoms with Crippen molar-refractivity contribution in [2.75, 3.05) is 30.9 Å². The molecule has 1 amide bonds. The fourth-order valence-corrected chi connectivity index (χ4v) is 1.95. The van der Waals surface area contributed by atoms with Crippen LogP contribution in [0.1, 0.15) is 13.8 Å². The van der Waals surface area contributed by atoms with Crippen LogP contribution in [0.2, 0.25) is 0 Å². The Labute approximate surface area is 118 Å². The van der Waals surface area contributed by atoms with Gasteiger partial charge in [-0.25, -0.2) is 9.97 Å². The monoisotopic (exact) mass is 276 g/mol. The molecule has 2 aromatic heterocycles. The zero-order chi connectivity index (χ0) is 14.7. The van der Waals surface area contributed by atoms with E-state index in [2.05, 4.69) is 20.6 Å². The molecule has 20 heavy (non-hydrogen) atoms. The van der Waals surface area contributed by atoms with Crippen LogP contribution in [0.5, 0.6) is 0 Å². The van der Waals surface area contributed by atoms with Gasteiger partial charge >= 0.3 is 0 Å². The Morgan fingerprint density at radius 1 is 1.50 bits per heavy atom.